The van der Waals surface area contributed by atoms with Gasteiger partial charge in [0.25, 0.3) is 11.5 Å². The SMILES string of the molecule is Cc1nc(C(=O)N[C@H]2CCc3n[nH]c(=O)cc3C2)cs1. The Morgan fingerprint density at radius 2 is 2.40 bits per heavy atom. The van der Waals surface area contributed by atoms with Gasteiger partial charge in [-0.2, -0.15) is 5.10 Å². The fourth-order valence-corrected chi connectivity index (χ4v) is 2.98. The molecule has 1 aliphatic rings. The second-order valence-electron chi connectivity index (χ2n) is 4.87. The number of carbonyl (C=O) groups excluding carboxylic acids is 1. The molecule has 0 aliphatic heterocycles. The lowest BCUT2D eigenvalue weighted by Crippen LogP contribution is -2.39. The molecular weight excluding hydrogens is 276 g/mol. The lowest BCUT2D eigenvalue weighted by molar-refractivity contribution is 0.0929. The van der Waals surface area contributed by atoms with E-state index in [-0.39, 0.29) is 17.5 Å². The third-order valence-electron chi connectivity index (χ3n) is 3.36. The van der Waals surface area contributed by atoms with Crippen LogP contribution in [0, 0.1) is 6.92 Å². The van der Waals surface area contributed by atoms with E-state index in [1.54, 1.807) is 11.4 Å². The van der Waals surface area contributed by atoms with Gasteiger partial charge in [0, 0.05) is 17.5 Å². The van der Waals surface area contributed by atoms with Crippen molar-refractivity contribution in [3.05, 3.63) is 43.8 Å². The number of carbonyl (C=O) groups is 1. The number of amides is 1. The molecule has 6 nitrogen and oxygen atoms in total. The Morgan fingerprint density at radius 3 is 3.15 bits per heavy atom. The number of nitrogens with zero attached hydrogens (tertiary/aromatic N) is 2. The van der Waals surface area contributed by atoms with Gasteiger partial charge in [-0.15, -0.1) is 11.3 Å². The number of hydrogen-bond donors (Lipinski definition) is 2. The van der Waals surface area contributed by atoms with Crippen molar-refractivity contribution in [1.29, 1.82) is 0 Å². The molecule has 0 aromatic carbocycles. The van der Waals surface area contributed by atoms with Crippen LogP contribution in [0.5, 0.6) is 0 Å². The molecule has 0 saturated heterocycles. The van der Waals surface area contributed by atoms with Crippen molar-refractivity contribution < 1.29 is 4.79 Å². The molecule has 7 heteroatoms. The molecule has 2 aromatic heterocycles. The van der Waals surface area contributed by atoms with E-state index in [1.807, 2.05) is 6.92 Å². The molecule has 1 aliphatic carbocycles. The first-order valence-electron chi connectivity index (χ1n) is 6.42. The fraction of sp³-hybridized carbons (Fsp3) is 0.385. The Labute approximate surface area is 119 Å². The largest absolute Gasteiger partial charge is 0.348 e. The van der Waals surface area contributed by atoms with Gasteiger partial charge in [0.05, 0.1) is 10.7 Å². The van der Waals surface area contributed by atoms with Gasteiger partial charge in [0.15, 0.2) is 0 Å². The van der Waals surface area contributed by atoms with E-state index < -0.39 is 0 Å². The minimum absolute atomic E-state index is 0.0283. The summed E-state index contributed by atoms with van der Waals surface area (Å²) in [7, 11) is 0. The minimum atomic E-state index is -0.203. The third-order valence-corrected chi connectivity index (χ3v) is 4.13. The molecule has 2 N–H and O–H groups in total. The molecule has 3 rings (SSSR count). The number of thiazole rings is 1. The fourth-order valence-electron chi connectivity index (χ4n) is 2.39. The lowest BCUT2D eigenvalue weighted by atomic mass is 9.92. The first kappa shape index (κ1) is 13.0. The number of aryl methyl sites for hydroxylation is 2. The minimum Gasteiger partial charge on any atom is -0.348 e. The number of hydrogen-bond acceptors (Lipinski definition) is 5. The standard InChI is InChI=1S/C13H14N4O2S/c1-7-14-11(6-20-7)13(19)15-9-2-3-10-8(4-9)5-12(18)17-16-10/h5-6,9H,2-4H2,1H3,(H,15,19)(H,17,18)/t9-/m0/s1. The van der Waals surface area contributed by atoms with Crippen molar-refractivity contribution >= 4 is 17.2 Å². The molecule has 104 valence electrons. The zero-order valence-electron chi connectivity index (χ0n) is 11.0. The Bertz CT molecular complexity index is 706. The van der Waals surface area contributed by atoms with Crippen LogP contribution in [0.3, 0.4) is 0 Å². The Balaban J connectivity index is 1.71. The molecular formula is C13H14N4O2S. The number of rotatable bonds is 2. The average Bonchev–Trinajstić information content (AvgIpc) is 2.85. The summed E-state index contributed by atoms with van der Waals surface area (Å²) >= 11 is 1.46. The molecule has 20 heavy (non-hydrogen) atoms. The second-order valence-corrected chi connectivity index (χ2v) is 5.93. The molecule has 0 fully saturated rings. The Kier molecular flexibility index (Phi) is 3.35. The Hall–Kier alpha value is -2.02. The van der Waals surface area contributed by atoms with Crippen molar-refractivity contribution in [2.45, 2.75) is 32.2 Å². The summed E-state index contributed by atoms with van der Waals surface area (Å²) in [4.78, 5) is 27.5. The van der Waals surface area contributed by atoms with Crippen molar-refractivity contribution in [1.82, 2.24) is 20.5 Å². The van der Waals surface area contributed by atoms with Gasteiger partial charge >= 0.3 is 0 Å². The summed E-state index contributed by atoms with van der Waals surface area (Å²) in [5, 5.41) is 12.1. The highest BCUT2D eigenvalue weighted by Crippen LogP contribution is 2.18. The summed E-state index contributed by atoms with van der Waals surface area (Å²) in [6.45, 7) is 1.87. The number of H-pyrrole nitrogens is 1. The summed E-state index contributed by atoms with van der Waals surface area (Å²) in [5.74, 6) is -0.152. The summed E-state index contributed by atoms with van der Waals surface area (Å²) in [6, 6.07) is 1.59. The molecule has 1 atom stereocenters. The van der Waals surface area contributed by atoms with E-state index in [2.05, 4.69) is 20.5 Å². The lowest BCUT2D eigenvalue weighted by Gasteiger charge is -2.23. The third kappa shape index (κ3) is 2.62. The maximum Gasteiger partial charge on any atom is 0.270 e. The van der Waals surface area contributed by atoms with E-state index >= 15 is 0 Å². The van der Waals surface area contributed by atoms with Gasteiger partial charge in [-0.1, -0.05) is 0 Å². The number of aromatic amines is 1. The average molecular weight is 290 g/mol. The van der Waals surface area contributed by atoms with Crippen molar-refractivity contribution in [3.8, 4) is 0 Å². The van der Waals surface area contributed by atoms with Crippen LogP contribution in [0.2, 0.25) is 0 Å². The van der Waals surface area contributed by atoms with Crippen LogP contribution in [0.4, 0.5) is 0 Å². The zero-order valence-corrected chi connectivity index (χ0v) is 11.8. The smallest absolute Gasteiger partial charge is 0.270 e. The predicted molar refractivity (Wildman–Crippen MR) is 75.0 cm³/mol. The van der Waals surface area contributed by atoms with Gasteiger partial charge in [-0.25, -0.2) is 10.1 Å². The van der Waals surface area contributed by atoms with Gasteiger partial charge in [-0.3, -0.25) is 9.59 Å². The molecule has 0 unspecified atom stereocenters. The van der Waals surface area contributed by atoms with E-state index in [0.717, 1.165) is 29.1 Å². The van der Waals surface area contributed by atoms with Crippen LogP contribution in [-0.2, 0) is 12.8 Å². The zero-order chi connectivity index (χ0) is 14.1. The highest BCUT2D eigenvalue weighted by Gasteiger charge is 2.22. The number of nitrogens with one attached hydrogen (secondary N) is 2. The van der Waals surface area contributed by atoms with Gasteiger partial charge in [0.1, 0.15) is 5.69 Å². The normalized spacial score (nSPS) is 17.6. The topological polar surface area (TPSA) is 87.7 Å². The van der Waals surface area contributed by atoms with Gasteiger partial charge in [0.2, 0.25) is 0 Å². The maximum atomic E-state index is 12.1. The van der Waals surface area contributed by atoms with E-state index in [0.29, 0.717) is 12.1 Å². The number of fused-ring (bicyclic) bond motifs is 1. The van der Waals surface area contributed by atoms with Crippen LogP contribution in [0.25, 0.3) is 0 Å². The van der Waals surface area contributed by atoms with Crippen LogP contribution < -0.4 is 10.9 Å². The highest BCUT2D eigenvalue weighted by molar-refractivity contribution is 7.09. The van der Waals surface area contributed by atoms with E-state index in [9.17, 15) is 9.59 Å². The molecule has 2 aromatic rings. The summed E-state index contributed by atoms with van der Waals surface area (Å²) < 4.78 is 0. The van der Waals surface area contributed by atoms with Crippen LogP contribution in [-0.4, -0.2) is 27.1 Å². The molecule has 0 saturated carbocycles. The molecule has 2 heterocycles. The molecule has 1 amide bonds. The highest BCUT2D eigenvalue weighted by atomic mass is 32.1. The first-order valence-corrected chi connectivity index (χ1v) is 7.30. The number of aromatic nitrogens is 3. The van der Waals surface area contributed by atoms with E-state index in [4.69, 9.17) is 0 Å². The molecule has 0 radical (unpaired) electrons. The molecule has 0 spiro atoms. The van der Waals surface area contributed by atoms with Crippen molar-refractivity contribution in [2.24, 2.45) is 0 Å². The van der Waals surface area contributed by atoms with Crippen molar-refractivity contribution in [2.75, 3.05) is 0 Å². The van der Waals surface area contributed by atoms with Gasteiger partial charge in [-0.05, 0) is 31.7 Å². The summed E-state index contributed by atoms with van der Waals surface area (Å²) in [6.07, 6.45) is 2.22. The second kappa shape index (κ2) is 5.16. The quantitative estimate of drug-likeness (QED) is 0.857. The predicted octanol–water partition coefficient (Wildman–Crippen LogP) is 0.822. The van der Waals surface area contributed by atoms with E-state index in [1.165, 1.54) is 11.3 Å². The van der Waals surface area contributed by atoms with Crippen LogP contribution in [0.15, 0.2) is 16.2 Å². The van der Waals surface area contributed by atoms with Gasteiger partial charge < -0.3 is 5.32 Å². The molecule has 0 bridgehead atoms. The van der Waals surface area contributed by atoms with Crippen molar-refractivity contribution in [3.63, 3.8) is 0 Å². The summed E-state index contributed by atoms with van der Waals surface area (Å²) in [5.41, 5.74) is 2.09. The maximum absolute atomic E-state index is 12.1. The first-order chi connectivity index (χ1) is 9.61. The van der Waals surface area contributed by atoms with Crippen LogP contribution >= 0.6 is 11.3 Å². The monoisotopic (exact) mass is 290 g/mol. The van der Waals surface area contributed by atoms with Crippen LogP contribution in [0.1, 0.15) is 33.2 Å². The Morgan fingerprint density at radius 1 is 1.55 bits per heavy atom.